The minimum absolute atomic E-state index is 0.324. The van der Waals surface area contributed by atoms with E-state index in [0.29, 0.717) is 5.70 Å². The summed E-state index contributed by atoms with van der Waals surface area (Å²) in [6, 6.07) is 13.8. The lowest BCUT2D eigenvalue weighted by Crippen LogP contribution is -2.17. The maximum absolute atomic E-state index is 11.2. The largest absolute Gasteiger partial charge is 0.497 e. The number of hydrogen-bond acceptors (Lipinski definition) is 4. The predicted molar refractivity (Wildman–Crippen MR) is 87.5 cm³/mol. The summed E-state index contributed by atoms with van der Waals surface area (Å²) in [7, 11) is 1.65. The zero-order valence-corrected chi connectivity index (χ0v) is 12.4. The number of anilines is 2. The molecule has 0 fully saturated rings. The molecule has 0 aliphatic heterocycles. The highest BCUT2D eigenvalue weighted by Crippen LogP contribution is 2.31. The Morgan fingerprint density at radius 1 is 1.23 bits per heavy atom. The second kappa shape index (κ2) is 5.93. The van der Waals surface area contributed by atoms with Crippen LogP contribution in [0, 0.1) is 0 Å². The van der Waals surface area contributed by atoms with Crippen molar-refractivity contribution < 1.29 is 9.53 Å². The fourth-order valence-electron chi connectivity index (χ4n) is 2.72. The number of methoxy groups -OCH3 is 1. The van der Waals surface area contributed by atoms with E-state index in [2.05, 4.69) is 11.4 Å². The SMILES string of the molecule is COc1cccc(Nc2ccc3c(c2)CC=C(N)[C@H]3C=O)c1. The van der Waals surface area contributed by atoms with Gasteiger partial charge in [0.25, 0.3) is 0 Å². The van der Waals surface area contributed by atoms with E-state index in [4.69, 9.17) is 10.5 Å². The van der Waals surface area contributed by atoms with Crippen LogP contribution in [0.3, 0.4) is 0 Å². The van der Waals surface area contributed by atoms with Crippen molar-refractivity contribution in [2.75, 3.05) is 12.4 Å². The third-order valence-corrected chi connectivity index (χ3v) is 3.89. The van der Waals surface area contributed by atoms with Crippen molar-refractivity contribution in [1.29, 1.82) is 0 Å². The standard InChI is InChI=1S/C18H18N2O2/c1-22-15-4-2-3-13(10-15)20-14-6-7-16-12(9-14)5-8-18(19)17(16)11-21/h2-4,6-11,17,20H,5,19H2,1H3/t17-/m0/s1. The molecule has 0 amide bonds. The first-order chi connectivity index (χ1) is 10.7. The Kier molecular flexibility index (Phi) is 3.83. The van der Waals surface area contributed by atoms with Crippen LogP contribution in [-0.2, 0) is 11.2 Å². The molecule has 22 heavy (non-hydrogen) atoms. The van der Waals surface area contributed by atoms with Crippen molar-refractivity contribution in [2.24, 2.45) is 5.73 Å². The third kappa shape index (κ3) is 2.68. The zero-order valence-electron chi connectivity index (χ0n) is 12.4. The molecule has 3 N–H and O–H groups in total. The average molecular weight is 294 g/mol. The normalized spacial score (nSPS) is 16.4. The van der Waals surface area contributed by atoms with E-state index in [0.717, 1.165) is 41.0 Å². The number of rotatable bonds is 4. The molecular formula is C18H18N2O2. The molecule has 112 valence electrons. The Balaban J connectivity index is 1.87. The van der Waals surface area contributed by atoms with Crippen LogP contribution in [0.25, 0.3) is 0 Å². The Hall–Kier alpha value is -2.75. The predicted octanol–water partition coefficient (Wildman–Crippen LogP) is 3.12. The van der Waals surface area contributed by atoms with Gasteiger partial charge in [0, 0.05) is 23.1 Å². The maximum atomic E-state index is 11.2. The van der Waals surface area contributed by atoms with Gasteiger partial charge in [-0.15, -0.1) is 0 Å². The Morgan fingerprint density at radius 3 is 2.82 bits per heavy atom. The van der Waals surface area contributed by atoms with Crippen LogP contribution >= 0.6 is 0 Å². The van der Waals surface area contributed by atoms with Gasteiger partial charge in [-0.05, 0) is 41.8 Å². The van der Waals surface area contributed by atoms with E-state index >= 15 is 0 Å². The van der Waals surface area contributed by atoms with Gasteiger partial charge in [-0.3, -0.25) is 0 Å². The molecule has 2 aromatic carbocycles. The molecule has 0 radical (unpaired) electrons. The van der Waals surface area contributed by atoms with Crippen LogP contribution in [0.5, 0.6) is 5.75 Å². The summed E-state index contributed by atoms with van der Waals surface area (Å²) in [6.07, 6.45) is 3.56. The molecule has 1 atom stereocenters. The van der Waals surface area contributed by atoms with Crippen LogP contribution in [0.4, 0.5) is 11.4 Å². The number of hydrogen-bond donors (Lipinski definition) is 2. The summed E-state index contributed by atoms with van der Waals surface area (Å²) in [5.41, 5.74) is 10.6. The molecule has 0 bridgehead atoms. The second-order valence-electron chi connectivity index (χ2n) is 5.29. The number of nitrogens with one attached hydrogen (secondary N) is 1. The minimum Gasteiger partial charge on any atom is -0.497 e. The minimum atomic E-state index is -0.324. The van der Waals surface area contributed by atoms with Crippen LogP contribution in [0.15, 0.2) is 54.2 Å². The smallest absolute Gasteiger partial charge is 0.133 e. The number of benzene rings is 2. The number of nitrogens with two attached hydrogens (primary N) is 1. The number of ether oxygens (including phenoxy) is 1. The summed E-state index contributed by atoms with van der Waals surface area (Å²) < 4.78 is 5.22. The summed E-state index contributed by atoms with van der Waals surface area (Å²) in [4.78, 5) is 11.2. The van der Waals surface area contributed by atoms with Crippen LogP contribution in [0.1, 0.15) is 17.0 Å². The lowest BCUT2D eigenvalue weighted by atomic mass is 9.86. The number of carbonyl (C=O) groups excluding carboxylic acids is 1. The van der Waals surface area contributed by atoms with Crippen LogP contribution in [0.2, 0.25) is 0 Å². The first-order valence-electron chi connectivity index (χ1n) is 7.16. The van der Waals surface area contributed by atoms with Crippen molar-refractivity contribution in [3.05, 3.63) is 65.4 Å². The number of fused-ring (bicyclic) bond motifs is 1. The highest BCUT2D eigenvalue weighted by Gasteiger charge is 2.21. The van der Waals surface area contributed by atoms with Gasteiger partial charge in [0.1, 0.15) is 12.0 Å². The lowest BCUT2D eigenvalue weighted by molar-refractivity contribution is -0.108. The number of aldehydes is 1. The fraction of sp³-hybridized carbons (Fsp3) is 0.167. The summed E-state index contributed by atoms with van der Waals surface area (Å²) >= 11 is 0. The van der Waals surface area contributed by atoms with E-state index in [1.165, 1.54) is 0 Å². The highest BCUT2D eigenvalue weighted by atomic mass is 16.5. The Labute approximate surface area is 129 Å². The Bertz CT molecular complexity index is 738. The van der Waals surface area contributed by atoms with E-state index in [1.807, 2.05) is 42.5 Å². The fourth-order valence-corrected chi connectivity index (χ4v) is 2.72. The topological polar surface area (TPSA) is 64.3 Å². The molecule has 0 aromatic heterocycles. The molecule has 0 unspecified atom stereocenters. The summed E-state index contributed by atoms with van der Waals surface area (Å²) in [6.45, 7) is 0. The van der Waals surface area contributed by atoms with Crippen molar-refractivity contribution in [3.8, 4) is 5.75 Å². The molecular weight excluding hydrogens is 276 g/mol. The van der Waals surface area contributed by atoms with Gasteiger partial charge in [0.15, 0.2) is 0 Å². The molecule has 0 saturated carbocycles. The molecule has 0 spiro atoms. The molecule has 4 nitrogen and oxygen atoms in total. The number of carbonyl (C=O) groups is 1. The lowest BCUT2D eigenvalue weighted by Gasteiger charge is -2.21. The van der Waals surface area contributed by atoms with Crippen molar-refractivity contribution in [3.63, 3.8) is 0 Å². The van der Waals surface area contributed by atoms with E-state index in [-0.39, 0.29) is 5.92 Å². The Morgan fingerprint density at radius 2 is 2.05 bits per heavy atom. The van der Waals surface area contributed by atoms with Crippen molar-refractivity contribution in [1.82, 2.24) is 0 Å². The summed E-state index contributed by atoms with van der Waals surface area (Å²) in [5, 5.41) is 3.35. The molecule has 0 saturated heterocycles. The first kappa shape index (κ1) is 14.2. The summed E-state index contributed by atoms with van der Waals surface area (Å²) in [5.74, 6) is 0.481. The molecule has 3 rings (SSSR count). The third-order valence-electron chi connectivity index (χ3n) is 3.89. The molecule has 0 heterocycles. The van der Waals surface area contributed by atoms with Gasteiger partial charge in [-0.2, -0.15) is 0 Å². The van der Waals surface area contributed by atoms with Gasteiger partial charge >= 0.3 is 0 Å². The van der Waals surface area contributed by atoms with E-state index < -0.39 is 0 Å². The average Bonchev–Trinajstić information content (AvgIpc) is 2.55. The van der Waals surface area contributed by atoms with Gasteiger partial charge < -0.3 is 20.6 Å². The van der Waals surface area contributed by atoms with Gasteiger partial charge in [-0.1, -0.05) is 18.2 Å². The molecule has 4 heteroatoms. The second-order valence-corrected chi connectivity index (χ2v) is 5.29. The van der Waals surface area contributed by atoms with Gasteiger partial charge in [0.2, 0.25) is 0 Å². The first-order valence-corrected chi connectivity index (χ1v) is 7.16. The highest BCUT2D eigenvalue weighted by molar-refractivity contribution is 5.72. The molecule has 2 aromatic rings. The van der Waals surface area contributed by atoms with Crippen LogP contribution in [-0.4, -0.2) is 13.4 Å². The van der Waals surface area contributed by atoms with E-state index in [1.54, 1.807) is 7.11 Å². The molecule has 1 aliphatic rings. The van der Waals surface area contributed by atoms with Gasteiger partial charge in [-0.25, -0.2) is 0 Å². The maximum Gasteiger partial charge on any atom is 0.133 e. The van der Waals surface area contributed by atoms with Crippen molar-refractivity contribution >= 4 is 17.7 Å². The van der Waals surface area contributed by atoms with Crippen molar-refractivity contribution in [2.45, 2.75) is 12.3 Å². The molecule has 1 aliphatic carbocycles. The van der Waals surface area contributed by atoms with Crippen LogP contribution < -0.4 is 15.8 Å². The quantitative estimate of drug-likeness (QED) is 0.850. The monoisotopic (exact) mass is 294 g/mol. The number of allylic oxidation sites excluding steroid dienone is 2. The van der Waals surface area contributed by atoms with E-state index in [9.17, 15) is 4.79 Å². The zero-order chi connectivity index (χ0) is 15.5. The van der Waals surface area contributed by atoms with Gasteiger partial charge in [0.05, 0.1) is 13.0 Å².